The number of benzene rings is 8. The molecule has 5 nitrogen and oxygen atoms in total. The van der Waals surface area contributed by atoms with Gasteiger partial charge in [0.15, 0.2) is 17.5 Å². The van der Waals surface area contributed by atoms with Gasteiger partial charge in [-0.25, -0.2) is 15.0 Å². The molecule has 3 aromatic heterocycles. The lowest BCUT2D eigenvalue weighted by Crippen LogP contribution is -2.00. The number of hydrogen-bond donors (Lipinski definition) is 0. The minimum absolute atomic E-state index is 0.576. The number of hydrogen-bond acceptors (Lipinski definition) is 5. The van der Waals surface area contributed by atoms with Crippen LogP contribution in [0.3, 0.4) is 0 Å². The van der Waals surface area contributed by atoms with Crippen LogP contribution in [0, 0.1) is 0 Å². The Hall–Kier alpha value is -7.11. The zero-order valence-corrected chi connectivity index (χ0v) is 27.7. The van der Waals surface area contributed by atoms with Crippen molar-refractivity contribution in [3.63, 3.8) is 0 Å². The lowest BCUT2D eigenvalue weighted by molar-refractivity contribution is 0.665. The van der Waals surface area contributed by atoms with Crippen LogP contribution in [0.4, 0.5) is 0 Å². The normalized spacial score (nSPS) is 11.8. The molecule has 242 valence electrons. The van der Waals surface area contributed by atoms with Crippen molar-refractivity contribution in [2.24, 2.45) is 0 Å². The van der Waals surface area contributed by atoms with E-state index in [9.17, 15) is 0 Å². The van der Waals surface area contributed by atoms with Crippen LogP contribution in [0.15, 0.2) is 173 Å². The van der Waals surface area contributed by atoms with E-state index >= 15 is 0 Å². The van der Waals surface area contributed by atoms with Gasteiger partial charge in [-0.3, -0.25) is 0 Å². The second-order valence-corrected chi connectivity index (χ2v) is 13.1. The topological polar surface area (TPSA) is 65.0 Å². The summed E-state index contributed by atoms with van der Waals surface area (Å²) in [7, 11) is 0. The molecule has 0 bridgehead atoms. The molecule has 0 amide bonds. The molecule has 0 aliphatic rings. The van der Waals surface area contributed by atoms with Crippen molar-refractivity contribution >= 4 is 65.4 Å². The highest BCUT2D eigenvalue weighted by Crippen LogP contribution is 2.44. The lowest BCUT2D eigenvalue weighted by Gasteiger charge is -2.12. The summed E-state index contributed by atoms with van der Waals surface area (Å²) in [6, 6.07) is 56.2. The molecule has 0 N–H and O–H groups in total. The van der Waals surface area contributed by atoms with Crippen LogP contribution < -0.4 is 0 Å². The molecule has 52 heavy (non-hydrogen) atoms. The summed E-state index contributed by atoms with van der Waals surface area (Å²) in [6.07, 6.45) is 0. The van der Waals surface area contributed by atoms with Gasteiger partial charge in [0.1, 0.15) is 22.3 Å². The summed E-state index contributed by atoms with van der Waals surface area (Å²) < 4.78 is 13.2. The summed E-state index contributed by atoms with van der Waals surface area (Å²) in [5, 5.41) is 8.81. The van der Waals surface area contributed by atoms with Gasteiger partial charge >= 0.3 is 0 Å². The summed E-state index contributed by atoms with van der Waals surface area (Å²) in [5.74, 6) is 1.79. The maximum atomic E-state index is 6.73. The van der Waals surface area contributed by atoms with E-state index in [0.717, 1.165) is 77.1 Å². The van der Waals surface area contributed by atoms with E-state index < -0.39 is 0 Å². The number of fused-ring (bicyclic) bond motifs is 9. The third kappa shape index (κ3) is 4.39. The number of nitrogens with zero attached hydrogens (tertiary/aromatic N) is 3. The first kappa shape index (κ1) is 28.7. The Bertz CT molecular complexity index is 3190. The zero-order valence-electron chi connectivity index (χ0n) is 27.7. The summed E-state index contributed by atoms with van der Waals surface area (Å²) in [5.41, 5.74) is 7.85. The predicted molar refractivity (Wildman–Crippen MR) is 211 cm³/mol. The van der Waals surface area contributed by atoms with Gasteiger partial charge in [-0.15, -0.1) is 0 Å². The Morgan fingerprint density at radius 1 is 0.327 bits per heavy atom. The van der Waals surface area contributed by atoms with Crippen molar-refractivity contribution < 1.29 is 8.83 Å². The Labute approximate surface area is 297 Å². The Morgan fingerprint density at radius 3 is 1.75 bits per heavy atom. The number of aromatic nitrogens is 3. The predicted octanol–water partition coefficient (Wildman–Crippen LogP) is 12.6. The molecule has 0 unspecified atom stereocenters. The zero-order chi connectivity index (χ0) is 34.2. The van der Waals surface area contributed by atoms with E-state index in [2.05, 4.69) is 97.1 Å². The maximum absolute atomic E-state index is 6.73. The molecule has 0 saturated carbocycles. The third-order valence-electron chi connectivity index (χ3n) is 10.1. The van der Waals surface area contributed by atoms with E-state index in [4.69, 9.17) is 23.8 Å². The maximum Gasteiger partial charge on any atom is 0.164 e. The average Bonchev–Trinajstić information content (AvgIpc) is 3.80. The van der Waals surface area contributed by atoms with E-state index in [-0.39, 0.29) is 0 Å². The highest BCUT2D eigenvalue weighted by molar-refractivity contribution is 6.18. The quantitative estimate of drug-likeness (QED) is 0.175. The van der Waals surface area contributed by atoms with Gasteiger partial charge in [-0.2, -0.15) is 0 Å². The SMILES string of the molecule is c1ccc(-c2nc(-c3ccc4ccc5ccccc5c4c3)nc(-c3ccc(-c4cccc5c4oc4ccccc45)c4oc5ccccc5c34)n2)cc1. The van der Waals surface area contributed by atoms with Crippen LogP contribution in [-0.2, 0) is 0 Å². The minimum Gasteiger partial charge on any atom is -0.455 e. The van der Waals surface area contributed by atoms with E-state index in [1.807, 2.05) is 66.7 Å². The molecule has 0 aliphatic heterocycles. The van der Waals surface area contributed by atoms with Gasteiger partial charge in [0.05, 0.1) is 0 Å². The molecule has 11 aromatic rings. The first-order chi connectivity index (χ1) is 25.8. The second kappa shape index (κ2) is 11.2. The van der Waals surface area contributed by atoms with Crippen molar-refractivity contribution in [3.8, 4) is 45.3 Å². The molecule has 11 rings (SSSR count). The fourth-order valence-electron chi connectivity index (χ4n) is 7.67. The molecule has 0 aliphatic carbocycles. The molecule has 5 heteroatoms. The highest BCUT2D eigenvalue weighted by atomic mass is 16.3. The molecular weight excluding hydrogens is 639 g/mol. The van der Waals surface area contributed by atoms with Gasteiger partial charge < -0.3 is 8.83 Å². The third-order valence-corrected chi connectivity index (χ3v) is 10.1. The Morgan fingerprint density at radius 2 is 0.904 bits per heavy atom. The van der Waals surface area contributed by atoms with Crippen molar-refractivity contribution in [2.75, 3.05) is 0 Å². The molecule has 3 heterocycles. The fraction of sp³-hybridized carbons (Fsp3) is 0. The second-order valence-electron chi connectivity index (χ2n) is 13.1. The Kier molecular flexibility index (Phi) is 6.18. The minimum atomic E-state index is 0.576. The van der Waals surface area contributed by atoms with Crippen LogP contribution in [0.2, 0.25) is 0 Å². The first-order valence-corrected chi connectivity index (χ1v) is 17.4. The van der Waals surface area contributed by atoms with E-state index in [1.165, 1.54) is 16.2 Å². The molecule has 8 aromatic carbocycles. The van der Waals surface area contributed by atoms with Crippen LogP contribution in [0.1, 0.15) is 0 Å². The molecule has 0 fully saturated rings. The summed E-state index contributed by atoms with van der Waals surface area (Å²) in [4.78, 5) is 15.4. The van der Waals surface area contributed by atoms with Crippen molar-refractivity contribution in [3.05, 3.63) is 164 Å². The summed E-state index contributed by atoms with van der Waals surface area (Å²) >= 11 is 0. The molecule has 0 radical (unpaired) electrons. The van der Waals surface area contributed by atoms with Gasteiger partial charge in [0.25, 0.3) is 0 Å². The first-order valence-electron chi connectivity index (χ1n) is 17.4. The lowest BCUT2D eigenvalue weighted by atomic mass is 9.96. The number of rotatable bonds is 4. The van der Waals surface area contributed by atoms with Crippen molar-refractivity contribution in [1.29, 1.82) is 0 Å². The highest BCUT2D eigenvalue weighted by Gasteiger charge is 2.22. The van der Waals surface area contributed by atoms with Gasteiger partial charge in [0.2, 0.25) is 0 Å². The van der Waals surface area contributed by atoms with Gasteiger partial charge in [0, 0.05) is 49.4 Å². The standard InChI is InChI=1S/C47H27N3O2/c1-2-12-30(13-3-1)45-48-46(31-24-23-29-22-21-28-11-4-5-14-32(28)39(29)27-31)50-47(49-45)38-26-25-36(44-42(38)37-16-7-9-20-41(37)52-44)35-18-10-17-34-33-15-6-8-19-40(33)51-43(34)35/h1-27H. The van der Waals surface area contributed by atoms with Gasteiger partial charge in [-0.05, 0) is 51.9 Å². The van der Waals surface area contributed by atoms with Gasteiger partial charge in [-0.1, -0.05) is 133 Å². The number of furan rings is 2. The van der Waals surface area contributed by atoms with Crippen molar-refractivity contribution in [2.45, 2.75) is 0 Å². The largest absolute Gasteiger partial charge is 0.455 e. The molecule has 0 spiro atoms. The van der Waals surface area contributed by atoms with E-state index in [1.54, 1.807) is 0 Å². The molecule has 0 atom stereocenters. The molecule has 0 saturated heterocycles. The van der Waals surface area contributed by atoms with Crippen LogP contribution >= 0.6 is 0 Å². The average molecular weight is 666 g/mol. The van der Waals surface area contributed by atoms with Crippen LogP contribution in [0.25, 0.3) is 111 Å². The smallest absolute Gasteiger partial charge is 0.164 e. The van der Waals surface area contributed by atoms with Crippen LogP contribution in [-0.4, -0.2) is 15.0 Å². The Balaban J connectivity index is 1.18. The fourth-order valence-corrected chi connectivity index (χ4v) is 7.67. The van der Waals surface area contributed by atoms with Crippen molar-refractivity contribution in [1.82, 2.24) is 15.0 Å². The molecular formula is C47H27N3O2. The van der Waals surface area contributed by atoms with E-state index in [0.29, 0.717) is 17.5 Å². The summed E-state index contributed by atoms with van der Waals surface area (Å²) in [6.45, 7) is 0. The monoisotopic (exact) mass is 665 g/mol. The van der Waals surface area contributed by atoms with Crippen LogP contribution in [0.5, 0.6) is 0 Å². The number of para-hydroxylation sites is 3.